The van der Waals surface area contributed by atoms with Gasteiger partial charge in [0.2, 0.25) is 0 Å². The van der Waals surface area contributed by atoms with E-state index >= 15 is 0 Å². The molecule has 0 aliphatic heterocycles. The molecule has 0 saturated heterocycles. The molecule has 0 aliphatic carbocycles. The average Bonchev–Trinajstić information content (AvgIpc) is 4.16. The second kappa shape index (κ2) is 17.7. The van der Waals surface area contributed by atoms with Gasteiger partial charge in [-0.2, -0.15) is 0 Å². The van der Waals surface area contributed by atoms with E-state index in [1.165, 1.54) is 80.8 Å². The Kier molecular flexibility index (Phi) is 10.2. The summed E-state index contributed by atoms with van der Waals surface area (Å²) in [5.74, 6) is 0. The molecule has 0 bridgehead atoms. The molecule has 3 aromatic heterocycles. The Morgan fingerprint density at radius 1 is 0.184 bits per heavy atom. The minimum atomic E-state index is -2.87. The Hall–Kier alpha value is -9.74. The summed E-state index contributed by atoms with van der Waals surface area (Å²) in [5, 5.41) is 12.8. The van der Waals surface area contributed by atoms with Crippen molar-refractivity contribution in [2.75, 3.05) is 0 Å². The summed E-state index contributed by atoms with van der Waals surface area (Å²) in [7, 11) is -2.87. The van der Waals surface area contributed by atoms with Gasteiger partial charge in [-0.3, -0.25) is 0 Å². The molecule has 0 aliphatic rings. The standard InChI is InChI=1S/C72H49N3Si/c1-6-22-50(23-7-1)52-38-41-70-64(46-52)66-49-60(76(57-26-10-3-11-27-57,58-28-12-4-13-29-58)59-30-14-5-15-31-59)40-43-72(66)75(70)56-45-53(51-24-8-2-9-25-51)44-55(47-56)74-69-37-21-18-34-63(69)65-48-54(39-42-71(65)74)73-67-35-19-16-32-61(67)62-33-17-20-36-68(62)73/h1-49H. The van der Waals surface area contributed by atoms with Crippen LogP contribution in [0.3, 0.4) is 0 Å². The molecule has 0 fully saturated rings. The first-order chi connectivity index (χ1) is 37.7. The van der Waals surface area contributed by atoms with Crippen LogP contribution >= 0.6 is 0 Å². The smallest absolute Gasteiger partial charge is 0.179 e. The van der Waals surface area contributed by atoms with E-state index in [-0.39, 0.29) is 0 Å². The van der Waals surface area contributed by atoms with Gasteiger partial charge in [0, 0.05) is 49.4 Å². The minimum Gasteiger partial charge on any atom is -0.309 e. The topological polar surface area (TPSA) is 14.8 Å². The van der Waals surface area contributed by atoms with E-state index in [1.54, 1.807) is 0 Å². The van der Waals surface area contributed by atoms with Crippen molar-refractivity contribution in [3.8, 4) is 39.3 Å². The van der Waals surface area contributed by atoms with Gasteiger partial charge in [0.1, 0.15) is 0 Å². The van der Waals surface area contributed by atoms with Crippen LogP contribution in [0.2, 0.25) is 0 Å². The number of hydrogen-bond donors (Lipinski definition) is 0. The quantitative estimate of drug-likeness (QED) is 0.101. The Labute approximate surface area is 442 Å². The Bertz CT molecular complexity index is 4520. The number of para-hydroxylation sites is 3. The van der Waals surface area contributed by atoms with E-state index < -0.39 is 8.07 Å². The van der Waals surface area contributed by atoms with E-state index in [9.17, 15) is 0 Å². The lowest BCUT2D eigenvalue weighted by molar-refractivity contribution is 1.13. The maximum Gasteiger partial charge on any atom is 0.179 e. The molecule has 0 atom stereocenters. The van der Waals surface area contributed by atoms with Crippen LogP contribution in [0.25, 0.3) is 105 Å². The fourth-order valence-electron chi connectivity index (χ4n) is 12.6. The van der Waals surface area contributed by atoms with Crippen LogP contribution in [0, 0.1) is 0 Å². The van der Waals surface area contributed by atoms with E-state index in [0.29, 0.717) is 0 Å². The summed E-state index contributed by atoms with van der Waals surface area (Å²) in [4.78, 5) is 0. The lowest BCUT2D eigenvalue weighted by atomic mass is 10.0. The summed E-state index contributed by atoms with van der Waals surface area (Å²) in [6, 6.07) is 111. The predicted molar refractivity (Wildman–Crippen MR) is 324 cm³/mol. The molecule has 0 amide bonds. The highest BCUT2D eigenvalue weighted by molar-refractivity contribution is 7.20. The van der Waals surface area contributed by atoms with E-state index in [2.05, 4.69) is 311 Å². The second-order valence-corrected chi connectivity index (χ2v) is 23.9. The maximum absolute atomic E-state index is 2.87. The predicted octanol–water partition coefficient (Wildman–Crippen LogP) is 15.7. The lowest BCUT2D eigenvalue weighted by Gasteiger charge is -2.34. The third-order valence-electron chi connectivity index (χ3n) is 15.9. The van der Waals surface area contributed by atoms with Gasteiger partial charge in [-0.25, -0.2) is 0 Å². The minimum absolute atomic E-state index is 1.10. The summed E-state index contributed by atoms with van der Waals surface area (Å²) >= 11 is 0. The normalized spacial score (nSPS) is 11.9. The number of benzene rings is 12. The van der Waals surface area contributed by atoms with E-state index in [4.69, 9.17) is 0 Å². The average molecular weight is 984 g/mol. The molecule has 3 nitrogen and oxygen atoms in total. The number of nitrogens with zero attached hydrogens (tertiary/aromatic N) is 3. The maximum atomic E-state index is 2.55. The molecule has 15 rings (SSSR count). The zero-order chi connectivity index (χ0) is 50.2. The van der Waals surface area contributed by atoms with Crippen molar-refractivity contribution in [1.29, 1.82) is 0 Å². The van der Waals surface area contributed by atoms with E-state index in [1.807, 2.05) is 0 Å². The molecule has 76 heavy (non-hydrogen) atoms. The Balaban J connectivity index is 1.00. The van der Waals surface area contributed by atoms with Crippen molar-refractivity contribution in [3.63, 3.8) is 0 Å². The third kappa shape index (κ3) is 6.81. The van der Waals surface area contributed by atoms with Crippen LogP contribution in [0.1, 0.15) is 0 Å². The van der Waals surface area contributed by atoms with Gasteiger partial charge in [0.15, 0.2) is 8.07 Å². The zero-order valence-electron chi connectivity index (χ0n) is 41.6. The number of fused-ring (bicyclic) bond motifs is 9. The fourth-order valence-corrected chi connectivity index (χ4v) is 17.4. The molecule has 0 spiro atoms. The molecule has 0 unspecified atom stereocenters. The Morgan fingerprint density at radius 3 is 1.04 bits per heavy atom. The van der Waals surface area contributed by atoms with Crippen molar-refractivity contribution in [3.05, 3.63) is 297 Å². The molecule has 0 N–H and O–H groups in total. The van der Waals surface area contributed by atoms with Gasteiger partial charge in [0.25, 0.3) is 0 Å². The highest BCUT2D eigenvalue weighted by atomic mass is 28.3. The summed E-state index contributed by atoms with van der Waals surface area (Å²) < 4.78 is 7.42. The van der Waals surface area contributed by atoms with Crippen LogP contribution in [-0.4, -0.2) is 21.8 Å². The second-order valence-electron chi connectivity index (χ2n) is 20.0. The molecule has 15 aromatic rings. The van der Waals surface area contributed by atoms with Gasteiger partial charge < -0.3 is 13.7 Å². The molecule has 0 saturated carbocycles. The molecule has 3 heterocycles. The van der Waals surface area contributed by atoms with Crippen LogP contribution < -0.4 is 20.7 Å². The molecular formula is C72H49N3Si. The zero-order valence-corrected chi connectivity index (χ0v) is 42.6. The lowest BCUT2D eigenvalue weighted by Crippen LogP contribution is -2.74. The van der Waals surface area contributed by atoms with Gasteiger partial charge in [-0.15, -0.1) is 0 Å². The van der Waals surface area contributed by atoms with Crippen molar-refractivity contribution in [1.82, 2.24) is 13.7 Å². The molecular weight excluding hydrogens is 935 g/mol. The first-order valence-corrected chi connectivity index (χ1v) is 28.2. The largest absolute Gasteiger partial charge is 0.309 e. The van der Waals surface area contributed by atoms with Crippen molar-refractivity contribution in [2.24, 2.45) is 0 Å². The number of aromatic nitrogens is 3. The molecule has 12 aromatic carbocycles. The van der Waals surface area contributed by atoms with Crippen LogP contribution in [0.4, 0.5) is 0 Å². The summed E-state index contributed by atoms with van der Waals surface area (Å²) in [6.45, 7) is 0. The van der Waals surface area contributed by atoms with Crippen LogP contribution in [0.5, 0.6) is 0 Å². The summed E-state index contributed by atoms with van der Waals surface area (Å²) in [5.41, 5.74) is 15.1. The first-order valence-electron chi connectivity index (χ1n) is 26.2. The Morgan fingerprint density at radius 2 is 0.539 bits per heavy atom. The van der Waals surface area contributed by atoms with Crippen LogP contribution in [0.15, 0.2) is 297 Å². The molecule has 356 valence electrons. The van der Waals surface area contributed by atoms with Crippen molar-refractivity contribution < 1.29 is 0 Å². The molecule has 4 heteroatoms. The molecule has 0 radical (unpaired) electrons. The van der Waals surface area contributed by atoms with Gasteiger partial charge in [-0.1, -0.05) is 224 Å². The van der Waals surface area contributed by atoms with Gasteiger partial charge in [-0.05, 0) is 116 Å². The van der Waals surface area contributed by atoms with Gasteiger partial charge in [0.05, 0.1) is 33.1 Å². The number of hydrogen-bond acceptors (Lipinski definition) is 0. The fraction of sp³-hybridized carbons (Fsp3) is 0. The van der Waals surface area contributed by atoms with Crippen molar-refractivity contribution in [2.45, 2.75) is 0 Å². The van der Waals surface area contributed by atoms with Gasteiger partial charge >= 0.3 is 0 Å². The van der Waals surface area contributed by atoms with E-state index in [0.717, 1.165) is 44.7 Å². The summed E-state index contributed by atoms with van der Waals surface area (Å²) in [6.07, 6.45) is 0. The van der Waals surface area contributed by atoms with Crippen molar-refractivity contribution >= 4 is 94.2 Å². The third-order valence-corrected chi connectivity index (χ3v) is 20.7. The SMILES string of the molecule is c1ccc(-c2cc(-n3c4ccccc4c4cc(-n5c6ccccc6c6ccccc65)ccc43)cc(-n3c4ccc(-c5ccccc5)cc4c4cc([Si](c5ccccc5)(c5ccccc5)c5ccccc5)ccc43)c2)cc1. The first kappa shape index (κ1) is 43.8. The number of rotatable bonds is 9. The monoisotopic (exact) mass is 983 g/mol. The van der Waals surface area contributed by atoms with Crippen LogP contribution in [-0.2, 0) is 0 Å². The highest BCUT2D eigenvalue weighted by Gasteiger charge is 2.41. The highest BCUT2D eigenvalue weighted by Crippen LogP contribution is 2.41.